The van der Waals surface area contributed by atoms with Gasteiger partial charge in [0.25, 0.3) is 5.91 Å². The predicted molar refractivity (Wildman–Crippen MR) is 296 cm³/mol. The number of thiazole rings is 1. The van der Waals surface area contributed by atoms with Gasteiger partial charge in [0.05, 0.1) is 35.0 Å². The molecule has 4 heterocycles. The zero-order chi connectivity index (χ0) is 55.5. The number of amides is 3. The SMILES string of the molecule is Cc1c(-c2ccc(N3CCc4cccc(C(=O)Nc5nc6ccccc6s5)c4C3)nc2C(=O)OC(C)(C)C)cnn1CC12CC3(C)CC(C)(C1)CC(OCCNC(=O)C(CC(=O)OC(C)(C)C)NC(=O)OC(C)(C)C)(C3)C2. The first-order valence-corrected chi connectivity index (χ1v) is 27.7. The number of benzene rings is 2. The lowest BCUT2D eigenvalue weighted by Gasteiger charge is -2.69. The molecule has 3 N–H and O–H groups in total. The van der Waals surface area contributed by atoms with Gasteiger partial charge in [0.1, 0.15) is 28.7 Å². The number of carbonyl (C=O) groups is 5. The third-order valence-corrected chi connectivity index (χ3v) is 15.9. The number of pyridine rings is 1. The van der Waals surface area contributed by atoms with Crippen molar-refractivity contribution in [3.8, 4) is 11.1 Å². The molecule has 0 spiro atoms. The Morgan fingerprint density at radius 2 is 1.48 bits per heavy atom. The monoisotopic (exact) mass is 1070 g/mol. The lowest BCUT2D eigenvalue weighted by molar-refractivity contribution is -0.247. The van der Waals surface area contributed by atoms with Crippen molar-refractivity contribution < 1.29 is 42.9 Å². The van der Waals surface area contributed by atoms with E-state index in [0.717, 1.165) is 71.1 Å². The van der Waals surface area contributed by atoms with E-state index in [1.165, 1.54) is 11.3 Å². The van der Waals surface area contributed by atoms with E-state index in [9.17, 15) is 24.0 Å². The highest BCUT2D eigenvalue weighted by Gasteiger charge is 2.66. The summed E-state index contributed by atoms with van der Waals surface area (Å²) in [5, 5.41) is 14.1. The second kappa shape index (κ2) is 20.4. The van der Waals surface area contributed by atoms with Crippen molar-refractivity contribution in [3.05, 3.63) is 88.9 Å². The number of para-hydroxylation sites is 1. The molecule has 77 heavy (non-hydrogen) atoms. The van der Waals surface area contributed by atoms with Gasteiger partial charge < -0.3 is 34.5 Å². The van der Waals surface area contributed by atoms with Gasteiger partial charge in [-0.2, -0.15) is 5.10 Å². The highest BCUT2D eigenvalue weighted by molar-refractivity contribution is 7.22. The summed E-state index contributed by atoms with van der Waals surface area (Å²) in [6, 6.07) is 16.3. The van der Waals surface area contributed by atoms with Crippen LogP contribution in [0.25, 0.3) is 21.3 Å². The molecule has 0 radical (unpaired) electrons. The molecular formula is C59H76N8O9S. The minimum absolute atomic E-state index is 0.0199. The van der Waals surface area contributed by atoms with Crippen molar-refractivity contribution in [3.63, 3.8) is 0 Å². The lowest BCUT2D eigenvalue weighted by atomic mass is 9.39. The van der Waals surface area contributed by atoms with Crippen molar-refractivity contribution in [1.82, 2.24) is 30.4 Å². The summed E-state index contributed by atoms with van der Waals surface area (Å²) < 4.78 is 26.9. The Labute approximate surface area is 455 Å². The Hall–Kier alpha value is -6.40. The van der Waals surface area contributed by atoms with E-state index in [0.29, 0.717) is 48.1 Å². The van der Waals surface area contributed by atoms with Crippen LogP contribution in [-0.4, -0.2) is 97.7 Å². The second-order valence-electron chi connectivity index (χ2n) is 25.9. The van der Waals surface area contributed by atoms with Gasteiger partial charge in [-0.05, 0) is 172 Å². The molecule has 5 aromatic rings. The van der Waals surface area contributed by atoms with Crippen LogP contribution in [0.3, 0.4) is 0 Å². The van der Waals surface area contributed by atoms with Gasteiger partial charge in [-0.1, -0.05) is 49.4 Å². The fraction of sp³-hybridized carbons (Fsp3) is 0.559. The van der Waals surface area contributed by atoms with Crippen LogP contribution in [0.15, 0.2) is 60.8 Å². The fourth-order valence-corrected chi connectivity index (χ4v) is 14.4. The second-order valence-corrected chi connectivity index (χ2v) is 26.9. The van der Waals surface area contributed by atoms with E-state index >= 15 is 0 Å². The first-order valence-electron chi connectivity index (χ1n) is 26.9. The van der Waals surface area contributed by atoms with Crippen molar-refractivity contribution in [2.75, 3.05) is 29.9 Å². The first-order chi connectivity index (χ1) is 36.0. The molecule has 3 unspecified atom stereocenters. The fourth-order valence-electron chi connectivity index (χ4n) is 13.5. The quantitative estimate of drug-likeness (QED) is 0.0508. The number of nitrogens with one attached hydrogen (secondary N) is 3. The summed E-state index contributed by atoms with van der Waals surface area (Å²) in [5.41, 5.74) is 3.02. The van der Waals surface area contributed by atoms with Gasteiger partial charge in [0, 0.05) is 48.6 Å². The summed E-state index contributed by atoms with van der Waals surface area (Å²) in [6.45, 7) is 24.8. The Morgan fingerprint density at radius 1 is 0.779 bits per heavy atom. The zero-order valence-corrected chi connectivity index (χ0v) is 47.7. The maximum Gasteiger partial charge on any atom is 0.408 e. The van der Waals surface area contributed by atoms with Crippen molar-refractivity contribution in [1.29, 1.82) is 0 Å². The third kappa shape index (κ3) is 12.8. The summed E-state index contributed by atoms with van der Waals surface area (Å²) >= 11 is 1.44. The van der Waals surface area contributed by atoms with Crippen LogP contribution in [0, 0.1) is 23.2 Å². The summed E-state index contributed by atoms with van der Waals surface area (Å²) in [6.07, 6.45) is 7.07. The highest BCUT2D eigenvalue weighted by atomic mass is 32.1. The average Bonchev–Trinajstić information content (AvgIpc) is 3.89. The Balaban J connectivity index is 0.915. The maximum absolute atomic E-state index is 14.3. The summed E-state index contributed by atoms with van der Waals surface area (Å²) in [5.74, 6) is -1.32. The highest BCUT2D eigenvalue weighted by Crippen LogP contribution is 2.72. The zero-order valence-electron chi connectivity index (χ0n) is 46.9. The van der Waals surface area contributed by atoms with Gasteiger partial charge in [-0.15, -0.1) is 0 Å². The first kappa shape index (κ1) is 55.4. The molecule has 18 heteroatoms. The van der Waals surface area contributed by atoms with E-state index in [2.05, 4.69) is 50.4 Å². The Morgan fingerprint density at radius 3 is 2.17 bits per heavy atom. The number of anilines is 2. The van der Waals surface area contributed by atoms with Crippen molar-refractivity contribution >= 4 is 62.3 Å². The summed E-state index contributed by atoms with van der Waals surface area (Å²) in [7, 11) is 0. The molecule has 3 aromatic heterocycles. The third-order valence-electron chi connectivity index (χ3n) is 15.0. The number of rotatable bonds is 15. The normalized spacial score (nSPS) is 23.2. The smallest absolute Gasteiger partial charge is 0.408 e. The standard InChI is InChI=1S/C59H76N8O9S/c1-36-40(38-20-21-45(64-47(38)50(71)75-54(5,6)7)66-24-22-37-16-15-17-39(41(37)28-66)48(69)65-51-62-42-18-13-14-19-44(42)77-51)27-61-67(36)35-58-30-56(11)29-57(12,31-58)33-59(32-56,34-58)73-25-23-60-49(70)43(26-46(68)74-53(2,3)4)63-52(72)76-55(8,9)10/h13-21,27,43H,22-26,28-35H2,1-12H3,(H,60,70)(H,63,72)(H,62,65,69). The molecule has 10 rings (SSSR count). The molecule has 1 aliphatic heterocycles. The van der Waals surface area contributed by atoms with Crippen LogP contribution in [0.1, 0.15) is 159 Å². The Kier molecular flexibility index (Phi) is 14.7. The number of ether oxygens (including phenoxy) is 4. The van der Waals surface area contributed by atoms with Crippen LogP contribution in [0.4, 0.5) is 15.7 Å². The lowest BCUT2D eigenvalue weighted by Crippen LogP contribution is -2.64. The molecule has 2 aromatic carbocycles. The molecule has 3 amide bonds. The van der Waals surface area contributed by atoms with E-state index in [1.54, 1.807) is 41.5 Å². The van der Waals surface area contributed by atoms with Crippen LogP contribution >= 0.6 is 11.3 Å². The largest absolute Gasteiger partial charge is 0.460 e. The number of alkyl carbamates (subject to hydrolysis) is 1. The van der Waals surface area contributed by atoms with E-state index in [1.807, 2.05) is 82.4 Å². The minimum Gasteiger partial charge on any atom is -0.460 e. The molecule has 4 saturated carbocycles. The average molecular weight is 1070 g/mol. The van der Waals surface area contributed by atoms with Crippen molar-refractivity contribution in [2.24, 2.45) is 16.2 Å². The van der Waals surface area contributed by atoms with Gasteiger partial charge in [0.15, 0.2) is 10.8 Å². The van der Waals surface area contributed by atoms with Crippen LogP contribution < -0.4 is 20.9 Å². The predicted octanol–water partition coefficient (Wildman–Crippen LogP) is 10.5. The number of carbonyl (C=O) groups excluding carboxylic acids is 5. The molecule has 17 nitrogen and oxygen atoms in total. The van der Waals surface area contributed by atoms with E-state index in [-0.39, 0.29) is 47.4 Å². The Bertz CT molecular complexity index is 3030. The van der Waals surface area contributed by atoms with E-state index in [4.69, 9.17) is 29.0 Å². The number of hydrogen-bond acceptors (Lipinski definition) is 14. The topological polar surface area (TPSA) is 205 Å². The van der Waals surface area contributed by atoms with Gasteiger partial charge in [-0.25, -0.2) is 19.6 Å². The number of hydrogen-bond donors (Lipinski definition) is 3. The van der Waals surface area contributed by atoms with Gasteiger partial charge in [0.2, 0.25) is 5.91 Å². The number of aromatic nitrogens is 4. The molecule has 4 bridgehead atoms. The van der Waals surface area contributed by atoms with Crippen molar-refractivity contribution in [2.45, 2.75) is 176 Å². The van der Waals surface area contributed by atoms with Crippen LogP contribution in [0.2, 0.25) is 0 Å². The number of fused-ring (bicyclic) bond motifs is 2. The van der Waals surface area contributed by atoms with Crippen LogP contribution in [0.5, 0.6) is 0 Å². The molecule has 3 atom stereocenters. The van der Waals surface area contributed by atoms with Gasteiger partial charge in [-0.3, -0.25) is 24.4 Å². The molecule has 0 saturated heterocycles. The van der Waals surface area contributed by atoms with Crippen LogP contribution in [-0.2, 0) is 48.0 Å². The molecular weight excluding hydrogens is 997 g/mol. The minimum atomic E-state index is -1.21. The number of nitrogens with zero attached hydrogens (tertiary/aromatic N) is 5. The maximum atomic E-state index is 14.3. The molecule has 5 aliphatic rings. The van der Waals surface area contributed by atoms with E-state index < -0.39 is 52.4 Å². The molecule has 412 valence electrons. The summed E-state index contributed by atoms with van der Waals surface area (Å²) in [4.78, 5) is 79.2. The van der Waals surface area contributed by atoms with Gasteiger partial charge >= 0.3 is 18.0 Å². The molecule has 4 fully saturated rings. The molecule has 4 aliphatic carbocycles. The number of esters is 2.